The van der Waals surface area contributed by atoms with Crippen LogP contribution < -0.4 is 5.73 Å². The first-order chi connectivity index (χ1) is 6.22. The molecule has 0 fully saturated rings. The first-order valence-corrected chi connectivity index (χ1v) is 5.13. The molecule has 0 unspecified atom stereocenters. The van der Waals surface area contributed by atoms with Gasteiger partial charge < -0.3 is 10.8 Å². The molecule has 78 valence electrons. The van der Waals surface area contributed by atoms with Crippen molar-refractivity contribution in [1.29, 1.82) is 0 Å². The lowest BCUT2D eigenvalue weighted by atomic mass is 9.93. The van der Waals surface area contributed by atoms with Gasteiger partial charge in [0.2, 0.25) is 0 Å². The van der Waals surface area contributed by atoms with E-state index in [1.54, 1.807) is 6.92 Å². The second-order valence-electron chi connectivity index (χ2n) is 3.52. The second-order valence-corrected chi connectivity index (χ2v) is 3.52. The average molecular weight is 188 g/mol. The lowest BCUT2D eigenvalue weighted by molar-refractivity contribution is -0.368. The minimum absolute atomic E-state index is 0.165. The molecule has 0 saturated carbocycles. The molecule has 0 rings (SSSR count). The third-order valence-electron chi connectivity index (χ3n) is 2.34. The van der Waals surface area contributed by atoms with Gasteiger partial charge in [-0.25, -0.2) is 0 Å². The number of hydrogen-bond donors (Lipinski definition) is 2. The zero-order chi connectivity index (χ0) is 10.1. The number of aliphatic hydroxyl groups is 1. The Hall–Kier alpha value is -0.410. The molecule has 0 bridgehead atoms. The first-order valence-electron chi connectivity index (χ1n) is 5.13. The van der Waals surface area contributed by atoms with Crippen LogP contribution in [0.15, 0.2) is 0 Å². The molecule has 3 nitrogen and oxygen atoms in total. The summed E-state index contributed by atoms with van der Waals surface area (Å²) < 4.78 is 0. The van der Waals surface area contributed by atoms with Crippen LogP contribution in [0.4, 0.5) is 0 Å². The Morgan fingerprint density at radius 1 is 1.31 bits per heavy atom. The lowest BCUT2D eigenvalue weighted by Crippen LogP contribution is -2.50. The van der Waals surface area contributed by atoms with Gasteiger partial charge in [0.25, 0.3) is 0 Å². The van der Waals surface area contributed by atoms with Gasteiger partial charge in [-0.1, -0.05) is 0 Å². The van der Waals surface area contributed by atoms with Crippen molar-refractivity contribution in [3.05, 3.63) is 0 Å². The fourth-order valence-electron chi connectivity index (χ4n) is 1.46. The third-order valence-corrected chi connectivity index (χ3v) is 2.34. The standard InChI is InChI=1S/C10H21NO2/c1-9(13)10(6-4-8-12)5-2-3-7-11/h10,12H,2-8,11H2,1H3/p+1/t10-/m1/s1. The number of Topliss-reactive ketones (excluding diaryl/α,β-unsaturated/α-hetero) is 1. The molecule has 0 aliphatic rings. The third kappa shape index (κ3) is 6.72. The molecule has 0 aromatic rings. The van der Waals surface area contributed by atoms with Gasteiger partial charge in [-0.2, -0.15) is 0 Å². The van der Waals surface area contributed by atoms with E-state index in [0.29, 0.717) is 0 Å². The smallest absolute Gasteiger partial charge is 0.132 e. The van der Waals surface area contributed by atoms with Gasteiger partial charge in [0, 0.05) is 12.5 Å². The van der Waals surface area contributed by atoms with Gasteiger partial charge in [0.15, 0.2) is 0 Å². The number of aliphatic hydroxyl groups excluding tert-OH is 1. The maximum atomic E-state index is 11.1. The molecule has 0 spiro atoms. The van der Waals surface area contributed by atoms with Crippen molar-refractivity contribution in [1.82, 2.24) is 0 Å². The first kappa shape index (κ1) is 12.6. The van der Waals surface area contributed by atoms with Crippen LogP contribution in [0.1, 0.15) is 39.0 Å². The molecule has 13 heavy (non-hydrogen) atoms. The normalized spacial score (nSPS) is 12.8. The Kier molecular flexibility index (Phi) is 7.94. The van der Waals surface area contributed by atoms with Gasteiger partial charge >= 0.3 is 0 Å². The van der Waals surface area contributed by atoms with E-state index in [1.165, 1.54) is 0 Å². The molecular formula is C10H22NO2+. The highest BCUT2D eigenvalue weighted by Crippen LogP contribution is 2.15. The van der Waals surface area contributed by atoms with Crippen molar-refractivity contribution in [2.75, 3.05) is 13.2 Å². The molecule has 0 aliphatic carbocycles. The summed E-state index contributed by atoms with van der Waals surface area (Å²) in [6.45, 7) is 2.79. The molecule has 0 aromatic carbocycles. The molecule has 0 radical (unpaired) electrons. The minimum atomic E-state index is 0.165. The van der Waals surface area contributed by atoms with Crippen LogP contribution in [0, 0.1) is 5.92 Å². The van der Waals surface area contributed by atoms with Crippen LogP contribution in [0.5, 0.6) is 0 Å². The predicted octanol–water partition coefficient (Wildman–Crippen LogP) is 0.376. The van der Waals surface area contributed by atoms with Crippen molar-refractivity contribution in [2.45, 2.75) is 39.0 Å². The lowest BCUT2D eigenvalue weighted by Gasteiger charge is -2.11. The van der Waals surface area contributed by atoms with E-state index in [-0.39, 0.29) is 18.3 Å². The average Bonchev–Trinajstić information content (AvgIpc) is 2.10. The summed E-state index contributed by atoms with van der Waals surface area (Å²) in [6.07, 6.45) is 4.73. The topological polar surface area (TPSA) is 64.9 Å². The van der Waals surface area contributed by atoms with Gasteiger partial charge in [-0.15, -0.1) is 0 Å². The quantitative estimate of drug-likeness (QED) is 0.541. The number of unbranched alkanes of at least 4 members (excludes halogenated alkanes) is 1. The molecule has 0 aliphatic heterocycles. The Balaban J connectivity index is 3.61. The fraction of sp³-hybridized carbons (Fsp3) is 0.900. The van der Waals surface area contributed by atoms with Crippen molar-refractivity contribution in [3.63, 3.8) is 0 Å². The van der Waals surface area contributed by atoms with E-state index in [9.17, 15) is 4.79 Å². The molecule has 3 heteroatoms. The highest BCUT2D eigenvalue weighted by atomic mass is 16.2. The summed E-state index contributed by atoms with van der Waals surface area (Å²) in [5.74, 6) is 0.427. The molecule has 0 amide bonds. The summed E-state index contributed by atoms with van der Waals surface area (Å²) in [5, 5.41) is 8.65. The van der Waals surface area contributed by atoms with Crippen LogP contribution in [-0.2, 0) is 4.79 Å². The van der Waals surface area contributed by atoms with Crippen LogP contribution >= 0.6 is 0 Å². The molecular weight excluding hydrogens is 166 g/mol. The molecule has 4 N–H and O–H groups in total. The van der Waals surface area contributed by atoms with E-state index in [1.807, 2.05) is 0 Å². The van der Waals surface area contributed by atoms with Gasteiger partial charge in [-0.3, -0.25) is 4.79 Å². The summed E-state index contributed by atoms with van der Waals surface area (Å²) in [6, 6.07) is 0. The van der Waals surface area contributed by atoms with Gasteiger partial charge in [0.1, 0.15) is 5.78 Å². The van der Waals surface area contributed by atoms with Crippen LogP contribution in [0.3, 0.4) is 0 Å². The van der Waals surface area contributed by atoms with E-state index in [2.05, 4.69) is 5.73 Å². The predicted molar refractivity (Wildman–Crippen MR) is 52.1 cm³/mol. The number of carbonyl (C=O) groups excluding carboxylic acids is 1. The van der Waals surface area contributed by atoms with Crippen molar-refractivity contribution in [3.8, 4) is 0 Å². The highest BCUT2D eigenvalue weighted by Gasteiger charge is 2.12. The summed E-state index contributed by atoms with van der Waals surface area (Å²) in [7, 11) is 0. The summed E-state index contributed by atoms with van der Waals surface area (Å²) >= 11 is 0. The maximum absolute atomic E-state index is 11.1. The largest absolute Gasteiger partial charge is 0.396 e. The molecule has 0 saturated heterocycles. The Bertz CT molecular complexity index is 137. The summed E-state index contributed by atoms with van der Waals surface area (Å²) in [5.41, 5.74) is 3.76. The Morgan fingerprint density at radius 3 is 2.38 bits per heavy atom. The minimum Gasteiger partial charge on any atom is -0.396 e. The van der Waals surface area contributed by atoms with E-state index < -0.39 is 0 Å². The number of hydrogen-bond acceptors (Lipinski definition) is 2. The second kappa shape index (κ2) is 8.20. The zero-order valence-electron chi connectivity index (χ0n) is 8.59. The van der Waals surface area contributed by atoms with Crippen molar-refractivity contribution in [2.24, 2.45) is 5.92 Å². The summed E-state index contributed by atoms with van der Waals surface area (Å²) in [4.78, 5) is 11.1. The Labute approximate surface area is 80.3 Å². The van der Waals surface area contributed by atoms with E-state index >= 15 is 0 Å². The van der Waals surface area contributed by atoms with Crippen molar-refractivity contribution >= 4 is 5.78 Å². The van der Waals surface area contributed by atoms with Crippen molar-refractivity contribution < 1.29 is 15.6 Å². The maximum Gasteiger partial charge on any atom is 0.132 e. The van der Waals surface area contributed by atoms with Crippen LogP contribution in [-0.4, -0.2) is 24.0 Å². The molecule has 0 heterocycles. The highest BCUT2D eigenvalue weighted by molar-refractivity contribution is 5.78. The van der Waals surface area contributed by atoms with Gasteiger partial charge in [-0.05, 0) is 39.0 Å². The molecule has 0 aromatic heterocycles. The monoisotopic (exact) mass is 188 g/mol. The van der Waals surface area contributed by atoms with E-state index in [0.717, 1.165) is 38.6 Å². The Morgan fingerprint density at radius 2 is 1.92 bits per heavy atom. The van der Waals surface area contributed by atoms with E-state index in [4.69, 9.17) is 5.11 Å². The fourth-order valence-corrected chi connectivity index (χ4v) is 1.46. The number of rotatable bonds is 8. The number of ketones is 1. The van der Waals surface area contributed by atoms with Gasteiger partial charge in [0.05, 0.1) is 6.54 Å². The number of quaternary nitrogens is 1. The van der Waals surface area contributed by atoms with Crippen LogP contribution in [0.2, 0.25) is 0 Å². The molecule has 1 atom stereocenters. The zero-order valence-corrected chi connectivity index (χ0v) is 8.59. The van der Waals surface area contributed by atoms with Crippen LogP contribution in [0.25, 0.3) is 0 Å². The number of carbonyl (C=O) groups is 1. The SMILES string of the molecule is CC(=O)[C@@H](CCCO)CCCC[NH3+].